The maximum atomic E-state index is 12.9. The minimum atomic E-state index is -0.514. The van der Waals surface area contributed by atoms with E-state index < -0.39 is 17.1 Å². The summed E-state index contributed by atoms with van der Waals surface area (Å²) in [5.74, 6) is -0.384. The molecule has 1 heterocycles. The SMILES string of the molecule is Cc1ccc(C)c(NC(=O)CN2C(=O)S/C(=C/c3cccc(OCc4ccc(Cl)cc4Cl)c3)C2=O)c1. The predicted molar refractivity (Wildman–Crippen MR) is 144 cm³/mol. The van der Waals surface area contributed by atoms with Crippen LogP contribution >= 0.6 is 35.0 Å². The number of carbonyl (C=O) groups excluding carboxylic acids is 3. The van der Waals surface area contributed by atoms with Gasteiger partial charge in [-0.25, -0.2) is 0 Å². The van der Waals surface area contributed by atoms with Gasteiger partial charge in [-0.2, -0.15) is 0 Å². The lowest BCUT2D eigenvalue weighted by atomic mass is 10.1. The third-order valence-corrected chi connectivity index (χ3v) is 6.90. The number of carbonyl (C=O) groups is 3. The van der Waals surface area contributed by atoms with Crippen LogP contribution in [0.5, 0.6) is 5.75 Å². The van der Waals surface area contributed by atoms with Gasteiger partial charge in [0.15, 0.2) is 0 Å². The van der Waals surface area contributed by atoms with Crippen molar-refractivity contribution >= 4 is 63.8 Å². The van der Waals surface area contributed by atoms with E-state index in [1.165, 1.54) is 0 Å². The van der Waals surface area contributed by atoms with Gasteiger partial charge in [-0.3, -0.25) is 19.3 Å². The molecule has 1 fully saturated rings. The minimum absolute atomic E-state index is 0.234. The number of aryl methyl sites for hydroxylation is 2. The fourth-order valence-corrected chi connectivity index (χ4v) is 4.79. The molecule has 3 amide bonds. The molecule has 0 atom stereocenters. The number of hydrogen-bond donors (Lipinski definition) is 1. The van der Waals surface area contributed by atoms with Crippen molar-refractivity contribution in [1.29, 1.82) is 0 Å². The van der Waals surface area contributed by atoms with Crippen LogP contribution in [0.2, 0.25) is 10.0 Å². The standard InChI is InChI=1S/C27H22Cl2N2O4S/c1-16-6-7-17(2)23(10-16)30-25(32)14-31-26(33)24(36-27(31)34)12-18-4-3-5-21(11-18)35-15-19-8-9-20(28)13-22(19)29/h3-13H,14-15H2,1-2H3,(H,30,32)/b24-12+. The van der Waals surface area contributed by atoms with E-state index in [2.05, 4.69) is 5.32 Å². The summed E-state index contributed by atoms with van der Waals surface area (Å²) in [7, 11) is 0. The number of benzene rings is 3. The normalized spacial score (nSPS) is 14.4. The predicted octanol–water partition coefficient (Wildman–Crippen LogP) is 6.86. The van der Waals surface area contributed by atoms with Crippen molar-refractivity contribution in [3.05, 3.63) is 97.9 Å². The van der Waals surface area contributed by atoms with Crippen LogP contribution in [0.25, 0.3) is 6.08 Å². The highest BCUT2D eigenvalue weighted by Crippen LogP contribution is 2.33. The van der Waals surface area contributed by atoms with Gasteiger partial charge in [0.05, 0.1) is 4.91 Å². The fourth-order valence-electron chi connectivity index (χ4n) is 3.49. The van der Waals surface area contributed by atoms with Crippen LogP contribution in [-0.2, 0) is 16.2 Å². The Morgan fingerprint density at radius 3 is 2.64 bits per heavy atom. The molecule has 0 unspecified atom stereocenters. The van der Waals surface area contributed by atoms with Gasteiger partial charge in [0.2, 0.25) is 5.91 Å². The van der Waals surface area contributed by atoms with E-state index in [-0.39, 0.29) is 18.1 Å². The van der Waals surface area contributed by atoms with E-state index in [9.17, 15) is 14.4 Å². The molecule has 3 aromatic carbocycles. The number of rotatable bonds is 7. The number of thioether (sulfide) groups is 1. The smallest absolute Gasteiger partial charge is 0.294 e. The molecule has 36 heavy (non-hydrogen) atoms. The van der Waals surface area contributed by atoms with Gasteiger partial charge in [0.1, 0.15) is 18.9 Å². The van der Waals surface area contributed by atoms with E-state index in [1.807, 2.05) is 32.0 Å². The highest BCUT2D eigenvalue weighted by atomic mass is 35.5. The molecule has 1 aliphatic rings. The number of imide groups is 1. The quantitative estimate of drug-likeness (QED) is 0.331. The summed E-state index contributed by atoms with van der Waals surface area (Å²) in [6.45, 7) is 3.68. The lowest BCUT2D eigenvalue weighted by Crippen LogP contribution is -2.36. The van der Waals surface area contributed by atoms with Crippen molar-refractivity contribution in [2.45, 2.75) is 20.5 Å². The van der Waals surface area contributed by atoms with Crippen molar-refractivity contribution < 1.29 is 19.1 Å². The molecule has 1 saturated heterocycles. The average Bonchev–Trinajstić information content (AvgIpc) is 3.08. The fraction of sp³-hybridized carbons (Fsp3) is 0.148. The zero-order valence-corrected chi connectivity index (χ0v) is 21.8. The van der Waals surface area contributed by atoms with Gasteiger partial charge < -0.3 is 10.1 Å². The van der Waals surface area contributed by atoms with Gasteiger partial charge in [0.25, 0.3) is 11.1 Å². The van der Waals surface area contributed by atoms with Crippen molar-refractivity contribution in [1.82, 2.24) is 4.90 Å². The van der Waals surface area contributed by atoms with E-state index >= 15 is 0 Å². The van der Waals surface area contributed by atoms with Crippen LogP contribution in [-0.4, -0.2) is 28.5 Å². The molecule has 6 nitrogen and oxygen atoms in total. The Kier molecular flexibility index (Phi) is 8.04. The first-order valence-electron chi connectivity index (χ1n) is 11.0. The zero-order chi connectivity index (χ0) is 25.8. The van der Waals surface area contributed by atoms with E-state index in [0.717, 1.165) is 33.4 Å². The molecule has 1 N–H and O–H groups in total. The topological polar surface area (TPSA) is 75.7 Å². The number of ether oxygens (including phenoxy) is 1. The summed E-state index contributed by atoms with van der Waals surface area (Å²) in [5.41, 5.74) is 4.00. The molecule has 1 aliphatic heterocycles. The summed E-state index contributed by atoms with van der Waals surface area (Å²) < 4.78 is 5.84. The van der Waals surface area contributed by atoms with Gasteiger partial charge in [-0.15, -0.1) is 0 Å². The molecule has 3 aromatic rings. The third kappa shape index (κ3) is 6.29. The summed E-state index contributed by atoms with van der Waals surface area (Å²) in [5, 5.41) is 3.34. The van der Waals surface area contributed by atoms with Gasteiger partial charge in [0, 0.05) is 21.3 Å². The Labute approximate surface area is 223 Å². The highest BCUT2D eigenvalue weighted by molar-refractivity contribution is 8.18. The Bertz CT molecular complexity index is 1390. The number of anilines is 1. The molecule has 0 spiro atoms. The van der Waals surface area contributed by atoms with Crippen LogP contribution < -0.4 is 10.1 Å². The second-order valence-corrected chi connectivity index (χ2v) is 10.1. The summed E-state index contributed by atoms with van der Waals surface area (Å²) in [6.07, 6.45) is 1.61. The summed E-state index contributed by atoms with van der Waals surface area (Å²) in [4.78, 5) is 39.1. The van der Waals surface area contributed by atoms with Gasteiger partial charge >= 0.3 is 0 Å². The molecule has 0 aliphatic carbocycles. The number of nitrogens with one attached hydrogen (secondary N) is 1. The van der Waals surface area contributed by atoms with Crippen LogP contribution in [0, 0.1) is 13.8 Å². The molecule has 184 valence electrons. The number of nitrogens with zero attached hydrogens (tertiary/aromatic N) is 1. The van der Waals surface area contributed by atoms with Crippen molar-refractivity contribution in [2.24, 2.45) is 0 Å². The molecule has 9 heteroatoms. The molecular formula is C27H22Cl2N2O4S. The van der Waals surface area contributed by atoms with Crippen LogP contribution in [0.15, 0.2) is 65.6 Å². The van der Waals surface area contributed by atoms with E-state index in [4.69, 9.17) is 27.9 Å². The third-order valence-electron chi connectivity index (χ3n) is 5.41. The molecule has 0 saturated carbocycles. The molecule has 0 aromatic heterocycles. The van der Waals surface area contributed by atoms with Gasteiger partial charge in [-0.05, 0) is 78.7 Å². The zero-order valence-electron chi connectivity index (χ0n) is 19.5. The minimum Gasteiger partial charge on any atom is -0.489 e. The maximum absolute atomic E-state index is 12.9. The second-order valence-electron chi connectivity index (χ2n) is 8.23. The van der Waals surface area contributed by atoms with Crippen molar-refractivity contribution in [3.8, 4) is 5.75 Å². The van der Waals surface area contributed by atoms with Crippen LogP contribution in [0.3, 0.4) is 0 Å². The molecule has 0 bridgehead atoms. The first-order chi connectivity index (χ1) is 17.2. The highest BCUT2D eigenvalue weighted by Gasteiger charge is 2.36. The molecule has 0 radical (unpaired) electrons. The van der Waals surface area contributed by atoms with Crippen molar-refractivity contribution in [2.75, 3.05) is 11.9 Å². The Morgan fingerprint density at radius 1 is 1.06 bits per heavy atom. The first-order valence-corrected chi connectivity index (χ1v) is 12.6. The lowest BCUT2D eigenvalue weighted by molar-refractivity contribution is -0.127. The Balaban J connectivity index is 1.41. The number of hydrogen-bond acceptors (Lipinski definition) is 5. The van der Waals surface area contributed by atoms with Gasteiger partial charge in [-0.1, -0.05) is 53.5 Å². The van der Waals surface area contributed by atoms with E-state index in [1.54, 1.807) is 48.5 Å². The summed E-state index contributed by atoms with van der Waals surface area (Å²) >= 11 is 12.9. The maximum Gasteiger partial charge on any atom is 0.294 e. The van der Waals surface area contributed by atoms with E-state index in [0.29, 0.717) is 27.0 Å². The first kappa shape index (κ1) is 25.8. The van der Waals surface area contributed by atoms with Crippen LogP contribution in [0.1, 0.15) is 22.3 Å². The monoisotopic (exact) mass is 540 g/mol. The lowest BCUT2D eigenvalue weighted by Gasteiger charge is -2.14. The molecular weight excluding hydrogens is 519 g/mol. The number of halogens is 2. The van der Waals surface area contributed by atoms with Crippen LogP contribution in [0.4, 0.5) is 10.5 Å². The Hall–Kier alpha value is -3.26. The largest absolute Gasteiger partial charge is 0.489 e. The average molecular weight is 541 g/mol. The molecule has 4 rings (SSSR count). The van der Waals surface area contributed by atoms with Crippen molar-refractivity contribution in [3.63, 3.8) is 0 Å². The number of amides is 3. The summed E-state index contributed by atoms with van der Waals surface area (Å²) in [6, 6.07) is 18.0. The second kappa shape index (κ2) is 11.2. The Morgan fingerprint density at radius 2 is 1.86 bits per heavy atom.